The summed E-state index contributed by atoms with van der Waals surface area (Å²) in [6.07, 6.45) is 0.480. The molecule has 0 fully saturated rings. The van der Waals surface area contributed by atoms with E-state index in [1.165, 1.54) is 18.2 Å². The zero-order valence-electron chi connectivity index (χ0n) is 19.9. The Morgan fingerprint density at radius 1 is 1.08 bits per heavy atom. The fourth-order valence-corrected chi connectivity index (χ4v) is 4.59. The van der Waals surface area contributed by atoms with Crippen molar-refractivity contribution in [2.45, 2.75) is 39.4 Å². The number of hydrogen-bond acceptors (Lipinski definition) is 5. The van der Waals surface area contributed by atoms with Gasteiger partial charge in [-0.25, -0.2) is 4.98 Å². The first-order chi connectivity index (χ1) is 17.3. The minimum atomic E-state index is -0.560. The predicted molar refractivity (Wildman–Crippen MR) is 139 cm³/mol. The number of nitro groups is 1. The minimum absolute atomic E-state index is 0.0125. The molecule has 4 rings (SSSR count). The molecule has 184 valence electrons. The molecule has 1 unspecified atom stereocenters. The van der Waals surface area contributed by atoms with Crippen LogP contribution in [0, 0.1) is 10.1 Å². The summed E-state index contributed by atoms with van der Waals surface area (Å²) in [6.45, 7) is 4.41. The largest absolute Gasteiger partial charge is 0.324 e. The number of hydrogen-bond donors (Lipinski definition) is 0. The minimum Gasteiger partial charge on any atom is -0.324 e. The molecule has 0 N–H and O–H groups in total. The number of carbonyl (C=O) groups excluding carboxylic acids is 1. The van der Waals surface area contributed by atoms with Gasteiger partial charge in [0.1, 0.15) is 5.82 Å². The fourth-order valence-electron chi connectivity index (χ4n) is 4.34. The second-order valence-electron chi connectivity index (χ2n) is 8.30. The highest BCUT2D eigenvalue weighted by molar-refractivity contribution is 6.34. The lowest BCUT2D eigenvalue weighted by Gasteiger charge is -2.32. The van der Waals surface area contributed by atoms with Gasteiger partial charge in [-0.2, -0.15) is 0 Å². The maximum absolute atomic E-state index is 13.9. The third kappa shape index (κ3) is 4.85. The second kappa shape index (κ2) is 10.7. The second-order valence-corrected chi connectivity index (χ2v) is 8.71. The monoisotopic (exact) mass is 504 g/mol. The Morgan fingerprint density at radius 3 is 2.42 bits per heavy atom. The highest BCUT2D eigenvalue weighted by Gasteiger charge is 2.30. The summed E-state index contributed by atoms with van der Waals surface area (Å²) in [5, 5.41) is 11.7. The number of non-ortho nitro benzene ring substituents is 1. The molecule has 36 heavy (non-hydrogen) atoms. The van der Waals surface area contributed by atoms with Crippen LogP contribution in [0.3, 0.4) is 0 Å². The summed E-state index contributed by atoms with van der Waals surface area (Å²) < 4.78 is 1.60. The first-order valence-corrected chi connectivity index (χ1v) is 12.0. The first-order valence-electron chi connectivity index (χ1n) is 11.6. The van der Waals surface area contributed by atoms with E-state index in [4.69, 9.17) is 16.6 Å². The summed E-state index contributed by atoms with van der Waals surface area (Å²) >= 11 is 6.35. The molecule has 0 bridgehead atoms. The SMILES string of the molecule is CCC(c1nc2ccccc2c(=O)n1CC)N(Cc1ccccc1)C(=O)c1ccc([N+](=O)[O-])cc1Cl. The summed E-state index contributed by atoms with van der Waals surface area (Å²) in [6, 6.07) is 19.9. The van der Waals surface area contributed by atoms with E-state index in [-0.39, 0.29) is 28.4 Å². The van der Waals surface area contributed by atoms with Crippen molar-refractivity contribution in [3.05, 3.63) is 115 Å². The molecule has 0 saturated carbocycles. The van der Waals surface area contributed by atoms with E-state index in [0.717, 1.165) is 5.56 Å². The predicted octanol–water partition coefficient (Wildman–Crippen LogP) is 5.77. The number of halogens is 1. The van der Waals surface area contributed by atoms with Crippen molar-refractivity contribution in [3.8, 4) is 0 Å². The van der Waals surface area contributed by atoms with Crippen molar-refractivity contribution in [2.24, 2.45) is 0 Å². The summed E-state index contributed by atoms with van der Waals surface area (Å²) in [4.78, 5) is 44.3. The van der Waals surface area contributed by atoms with Gasteiger partial charge in [0.25, 0.3) is 17.2 Å². The molecular formula is C27H25ClN4O4. The Balaban J connectivity index is 1.88. The van der Waals surface area contributed by atoms with Crippen LogP contribution in [0.4, 0.5) is 5.69 Å². The molecule has 4 aromatic rings. The third-order valence-corrected chi connectivity index (χ3v) is 6.43. The zero-order chi connectivity index (χ0) is 25.8. The van der Waals surface area contributed by atoms with E-state index in [2.05, 4.69) is 0 Å². The van der Waals surface area contributed by atoms with Crippen LogP contribution in [0.1, 0.15) is 48.1 Å². The number of carbonyl (C=O) groups is 1. The van der Waals surface area contributed by atoms with Gasteiger partial charge in [0, 0.05) is 25.2 Å². The quantitative estimate of drug-likeness (QED) is 0.224. The molecule has 0 aliphatic carbocycles. The van der Waals surface area contributed by atoms with Gasteiger partial charge in [-0.05, 0) is 37.1 Å². The van der Waals surface area contributed by atoms with Crippen LogP contribution in [0.5, 0.6) is 0 Å². The van der Waals surface area contributed by atoms with Crippen molar-refractivity contribution in [1.82, 2.24) is 14.5 Å². The van der Waals surface area contributed by atoms with E-state index in [9.17, 15) is 19.7 Å². The van der Waals surface area contributed by atoms with Gasteiger partial charge in [0.15, 0.2) is 0 Å². The maximum atomic E-state index is 13.9. The smallest absolute Gasteiger partial charge is 0.270 e. The lowest BCUT2D eigenvalue weighted by Crippen LogP contribution is -2.38. The molecule has 3 aromatic carbocycles. The molecule has 1 heterocycles. The van der Waals surface area contributed by atoms with Gasteiger partial charge in [0.05, 0.1) is 32.5 Å². The van der Waals surface area contributed by atoms with Crippen molar-refractivity contribution in [1.29, 1.82) is 0 Å². The Hall–Kier alpha value is -4.04. The molecule has 0 spiro atoms. The van der Waals surface area contributed by atoms with E-state index in [1.807, 2.05) is 50.2 Å². The molecular weight excluding hydrogens is 480 g/mol. The van der Waals surface area contributed by atoms with Crippen LogP contribution in [-0.2, 0) is 13.1 Å². The van der Waals surface area contributed by atoms with Gasteiger partial charge in [-0.15, -0.1) is 0 Å². The summed E-state index contributed by atoms with van der Waals surface area (Å²) in [5.74, 6) is 0.0710. The van der Waals surface area contributed by atoms with Gasteiger partial charge in [0.2, 0.25) is 0 Å². The van der Waals surface area contributed by atoms with Gasteiger partial charge < -0.3 is 4.90 Å². The lowest BCUT2D eigenvalue weighted by atomic mass is 10.1. The zero-order valence-corrected chi connectivity index (χ0v) is 20.7. The molecule has 0 radical (unpaired) electrons. The van der Waals surface area contributed by atoms with Crippen LogP contribution in [0.15, 0.2) is 77.6 Å². The number of amides is 1. The van der Waals surface area contributed by atoms with Crippen LogP contribution >= 0.6 is 11.6 Å². The molecule has 0 saturated heterocycles. The van der Waals surface area contributed by atoms with E-state index in [0.29, 0.717) is 29.7 Å². The number of fused-ring (bicyclic) bond motifs is 1. The Bertz CT molecular complexity index is 1490. The van der Waals surface area contributed by atoms with Crippen molar-refractivity contribution < 1.29 is 9.72 Å². The average molecular weight is 505 g/mol. The summed E-state index contributed by atoms with van der Waals surface area (Å²) in [5.41, 5.74) is 1.21. The number of aromatic nitrogens is 2. The van der Waals surface area contributed by atoms with E-state index in [1.54, 1.807) is 27.7 Å². The van der Waals surface area contributed by atoms with Crippen LogP contribution in [0.2, 0.25) is 5.02 Å². The standard InChI is InChI=1S/C27H25ClN4O4/c1-3-24(25-29-23-13-9-8-12-21(23)27(34)30(25)4-2)31(17-18-10-6-5-7-11-18)26(33)20-15-14-19(32(35)36)16-22(20)28/h5-16,24H,3-4,17H2,1-2H3. The average Bonchev–Trinajstić information content (AvgIpc) is 2.89. The number of nitro benzene ring substituents is 1. The highest BCUT2D eigenvalue weighted by atomic mass is 35.5. The Morgan fingerprint density at radius 2 is 1.78 bits per heavy atom. The molecule has 8 nitrogen and oxygen atoms in total. The van der Waals surface area contributed by atoms with Crippen molar-refractivity contribution in [3.63, 3.8) is 0 Å². The number of para-hydroxylation sites is 1. The number of nitrogens with zero attached hydrogens (tertiary/aromatic N) is 4. The lowest BCUT2D eigenvalue weighted by molar-refractivity contribution is -0.384. The van der Waals surface area contributed by atoms with Crippen LogP contribution in [-0.4, -0.2) is 25.3 Å². The maximum Gasteiger partial charge on any atom is 0.270 e. The number of benzene rings is 3. The molecule has 1 aromatic heterocycles. The highest BCUT2D eigenvalue weighted by Crippen LogP contribution is 2.31. The Labute approximate surface area is 212 Å². The number of rotatable bonds is 8. The topological polar surface area (TPSA) is 98.3 Å². The van der Waals surface area contributed by atoms with Gasteiger partial charge >= 0.3 is 0 Å². The van der Waals surface area contributed by atoms with Crippen LogP contribution in [0.25, 0.3) is 10.9 Å². The van der Waals surface area contributed by atoms with Crippen molar-refractivity contribution >= 4 is 34.1 Å². The third-order valence-electron chi connectivity index (χ3n) is 6.12. The fraction of sp³-hybridized carbons (Fsp3) is 0.222. The summed E-state index contributed by atoms with van der Waals surface area (Å²) in [7, 11) is 0. The molecule has 9 heteroatoms. The Kier molecular flexibility index (Phi) is 7.45. The van der Waals surface area contributed by atoms with Crippen molar-refractivity contribution in [2.75, 3.05) is 0 Å². The van der Waals surface area contributed by atoms with E-state index < -0.39 is 16.9 Å². The molecule has 0 aliphatic heterocycles. The van der Waals surface area contributed by atoms with Gasteiger partial charge in [-0.3, -0.25) is 24.3 Å². The van der Waals surface area contributed by atoms with Crippen LogP contribution < -0.4 is 5.56 Å². The normalized spacial score (nSPS) is 11.9. The molecule has 1 atom stereocenters. The van der Waals surface area contributed by atoms with Gasteiger partial charge in [-0.1, -0.05) is 61.0 Å². The molecule has 1 amide bonds. The first kappa shape index (κ1) is 25.1. The molecule has 0 aliphatic rings. The van der Waals surface area contributed by atoms with E-state index >= 15 is 0 Å².